The minimum atomic E-state index is -0.819. The first kappa shape index (κ1) is 24.1. The van der Waals surface area contributed by atoms with Gasteiger partial charge in [0.05, 0.1) is 49.4 Å². The number of ether oxygens (including phenoxy) is 4. The molecule has 2 aromatic carbocycles. The van der Waals surface area contributed by atoms with Crippen LogP contribution in [0.15, 0.2) is 36.4 Å². The molecule has 2 rings (SSSR count). The van der Waals surface area contributed by atoms with Crippen LogP contribution in [0, 0.1) is 20.2 Å². The summed E-state index contributed by atoms with van der Waals surface area (Å²) in [6.45, 7) is 0.443. The van der Waals surface area contributed by atoms with Gasteiger partial charge in [-0.2, -0.15) is 0 Å². The normalized spacial score (nSPS) is 10.2. The minimum Gasteiger partial charge on any atom is -0.493 e. The summed E-state index contributed by atoms with van der Waals surface area (Å²) in [5, 5.41) is 22.3. The summed E-state index contributed by atoms with van der Waals surface area (Å²) in [7, 11) is 2.26. The molecule has 0 aliphatic heterocycles. The highest BCUT2D eigenvalue weighted by Gasteiger charge is 2.22. The minimum absolute atomic E-state index is 0.175. The zero-order chi connectivity index (χ0) is 23.7. The smallest absolute Gasteiger partial charge is 0.344 e. The van der Waals surface area contributed by atoms with E-state index in [1.165, 1.54) is 24.3 Å². The lowest BCUT2D eigenvalue weighted by Crippen LogP contribution is -2.07. The number of unbranched alkanes of at least 4 members (excludes halogenated alkanes) is 1. The van der Waals surface area contributed by atoms with Crippen LogP contribution in [0.25, 0.3) is 0 Å². The Morgan fingerprint density at radius 1 is 0.750 bits per heavy atom. The zero-order valence-corrected chi connectivity index (χ0v) is 17.3. The number of methoxy groups -OCH3 is 2. The first-order chi connectivity index (χ1) is 15.3. The molecule has 0 aromatic heterocycles. The Balaban J connectivity index is 1.86. The van der Waals surface area contributed by atoms with E-state index >= 15 is 0 Å². The SMILES string of the molecule is COC(=O)c1ccc(OCCCCOc2ccc(C(=O)OC)c([N+](=O)[O-])c2)cc1[N+](=O)[O-]. The second-order valence-electron chi connectivity index (χ2n) is 6.26. The Bertz CT molecular complexity index is 940. The van der Waals surface area contributed by atoms with Crippen LogP contribution < -0.4 is 9.47 Å². The average Bonchev–Trinajstić information content (AvgIpc) is 2.79. The molecule has 12 heteroatoms. The summed E-state index contributed by atoms with van der Waals surface area (Å²) in [5.41, 5.74) is -1.19. The van der Waals surface area contributed by atoms with Gasteiger partial charge < -0.3 is 18.9 Å². The number of carbonyl (C=O) groups is 2. The molecule has 0 radical (unpaired) electrons. The Kier molecular flexibility index (Phi) is 8.45. The van der Waals surface area contributed by atoms with Crippen LogP contribution >= 0.6 is 0 Å². The van der Waals surface area contributed by atoms with Gasteiger partial charge in [0, 0.05) is 0 Å². The van der Waals surface area contributed by atoms with Gasteiger partial charge in [-0.3, -0.25) is 20.2 Å². The molecular formula is C20H20N2O10. The van der Waals surface area contributed by atoms with Gasteiger partial charge in [0.25, 0.3) is 11.4 Å². The Hall–Kier alpha value is -4.22. The van der Waals surface area contributed by atoms with Gasteiger partial charge in [-0.1, -0.05) is 0 Å². The average molecular weight is 448 g/mol. The molecule has 12 nitrogen and oxygen atoms in total. The van der Waals surface area contributed by atoms with Crippen molar-refractivity contribution < 1.29 is 38.4 Å². The molecule has 0 bridgehead atoms. The number of hydrogen-bond acceptors (Lipinski definition) is 10. The largest absolute Gasteiger partial charge is 0.493 e. The van der Waals surface area contributed by atoms with Crippen LogP contribution in [-0.4, -0.2) is 49.2 Å². The number of nitrogens with zero attached hydrogens (tertiary/aromatic N) is 2. The molecule has 0 aliphatic carbocycles. The monoisotopic (exact) mass is 448 g/mol. The lowest BCUT2D eigenvalue weighted by atomic mass is 10.1. The van der Waals surface area contributed by atoms with Crippen molar-refractivity contribution in [3.63, 3.8) is 0 Å². The second kappa shape index (κ2) is 11.2. The molecule has 0 fully saturated rings. The predicted octanol–water partition coefficient (Wildman–Crippen LogP) is 3.31. The topological polar surface area (TPSA) is 157 Å². The molecule has 0 spiro atoms. The van der Waals surface area contributed by atoms with E-state index < -0.39 is 33.2 Å². The van der Waals surface area contributed by atoms with Crippen LogP contribution in [0.3, 0.4) is 0 Å². The summed E-state index contributed by atoms with van der Waals surface area (Å²) < 4.78 is 20.0. The van der Waals surface area contributed by atoms with E-state index in [1.54, 1.807) is 0 Å². The fourth-order valence-corrected chi connectivity index (χ4v) is 2.65. The Morgan fingerprint density at radius 3 is 1.44 bits per heavy atom. The van der Waals surface area contributed by atoms with Crippen molar-refractivity contribution in [3.05, 3.63) is 67.8 Å². The van der Waals surface area contributed by atoms with Crippen molar-refractivity contribution in [3.8, 4) is 11.5 Å². The van der Waals surface area contributed by atoms with Crippen LogP contribution in [0.5, 0.6) is 11.5 Å². The van der Waals surface area contributed by atoms with Crippen LogP contribution in [0.4, 0.5) is 11.4 Å². The summed E-state index contributed by atoms with van der Waals surface area (Å²) >= 11 is 0. The molecule has 0 amide bonds. The van der Waals surface area contributed by atoms with E-state index in [-0.39, 0.29) is 35.8 Å². The third-order valence-electron chi connectivity index (χ3n) is 4.22. The molecule has 0 unspecified atom stereocenters. The molecule has 0 atom stereocenters. The number of carbonyl (C=O) groups excluding carboxylic acids is 2. The van der Waals surface area contributed by atoms with Crippen LogP contribution in [0.2, 0.25) is 0 Å². The molecule has 170 valence electrons. The molecule has 32 heavy (non-hydrogen) atoms. The van der Waals surface area contributed by atoms with Crippen molar-refractivity contribution >= 4 is 23.3 Å². The molecule has 0 N–H and O–H groups in total. The van der Waals surface area contributed by atoms with Crippen molar-refractivity contribution in [2.45, 2.75) is 12.8 Å². The van der Waals surface area contributed by atoms with Gasteiger partial charge in [0.15, 0.2) is 0 Å². The Labute approximate surface area is 181 Å². The molecule has 0 aliphatic rings. The molecular weight excluding hydrogens is 428 g/mol. The van der Waals surface area contributed by atoms with Crippen molar-refractivity contribution in [1.82, 2.24) is 0 Å². The maximum atomic E-state index is 11.6. The first-order valence-corrected chi connectivity index (χ1v) is 9.27. The first-order valence-electron chi connectivity index (χ1n) is 9.27. The number of nitro groups is 2. The van der Waals surface area contributed by atoms with Gasteiger partial charge in [0.1, 0.15) is 22.6 Å². The van der Waals surface area contributed by atoms with E-state index in [1.807, 2.05) is 0 Å². The highest BCUT2D eigenvalue weighted by molar-refractivity contribution is 5.94. The number of hydrogen-bond donors (Lipinski definition) is 0. The van der Waals surface area contributed by atoms with E-state index in [0.29, 0.717) is 12.8 Å². The number of nitro benzene ring substituents is 2. The third kappa shape index (κ3) is 6.14. The van der Waals surface area contributed by atoms with Gasteiger partial charge in [-0.15, -0.1) is 0 Å². The third-order valence-corrected chi connectivity index (χ3v) is 4.22. The van der Waals surface area contributed by atoms with Crippen molar-refractivity contribution in [1.29, 1.82) is 0 Å². The van der Waals surface area contributed by atoms with Crippen molar-refractivity contribution in [2.75, 3.05) is 27.4 Å². The van der Waals surface area contributed by atoms with Gasteiger partial charge >= 0.3 is 11.9 Å². The van der Waals surface area contributed by atoms with E-state index in [2.05, 4.69) is 9.47 Å². The summed E-state index contributed by atoms with van der Waals surface area (Å²) in [4.78, 5) is 44.1. The lowest BCUT2D eigenvalue weighted by molar-refractivity contribution is -0.385. The number of benzene rings is 2. The highest BCUT2D eigenvalue weighted by atomic mass is 16.6. The van der Waals surface area contributed by atoms with E-state index in [0.717, 1.165) is 26.4 Å². The number of rotatable bonds is 11. The fourth-order valence-electron chi connectivity index (χ4n) is 2.65. The van der Waals surface area contributed by atoms with Gasteiger partial charge in [0.2, 0.25) is 0 Å². The lowest BCUT2D eigenvalue weighted by Gasteiger charge is -2.09. The maximum Gasteiger partial charge on any atom is 0.344 e. The zero-order valence-electron chi connectivity index (χ0n) is 17.3. The summed E-state index contributed by atoms with van der Waals surface area (Å²) in [6.07, 6.45) is 1.05. The summed E-state index contributed by atoms with van der Waals surface area (Å²) in [6, 6.07) is 7.66. The predicted molar refractivity (Wildman–Crippen MR) is 109 cm³/mol. The fraction of sp³-hybridized carbons (Fsp3) is 0.300. The second-order valence-corrected chi connectivity index (χ2v) is 6.26. The summed E-state index contributed by atoms with van der Waals surface area (Å²) in [5.74, 6) is -1.20. The quantitative estimate of drug-likeness (QED) is 0.216. The highest BCUT2D eigenvalue weighted by Crippen LogP contribution is 2.27. The standard InChI is InChI=1S/C20H20N2O10/c1-29-19(23)15-7-5-13(11-17(15)21(25)26)31-9-3-4-10-32-14-6-8-16(20(24)30-2)18(12-14)22(27)28/h5-8,11-12H,3-4,9-10H2,1-2H3. The van der Waals surface area contributed by atoms with Gasteiger partial charge in [-0.25, -0.2) is 9.59 Å². The Morgan fingerprint density at radius 2 is 1.12 bits per heavy atom. The molecule has 0 heterocycles. The maximum absolute atomic E-state index is 11.6. The van der Waals surface area contributed by atoms with E-state index in [4.69, 9.17) is 9.47 Å². The van der Waals surface area contributed by atoms with Crippen LogP contribution in [0.1, 0.15) is 33.6 Å². The molecule has 0 saturated carbocycles. The molecule has 0 saturated heterocycles. The van der Waals surface area contributed by atoms with E-state index in [9.17, 15) is 29.8 Å². The van der Waals surface area contributed by atoms with Crippen LogP contribution in [-0.2, 0) is 9.47 Å². The molecule has 2 aromatic rings. The number of esters is 2. The van der Waals surface area contributed by atoms with Gasteiger partial charge in [-0.05, 0) is 37.1 Å². The van der Waals surface area contributed by atoms with Crippen molar-refractivity contribution in [2.24, 2.45) is 0 Å².